The largest absolute Gasteiger partial charge is 0.378 e. The van der Waals surface area contributed by atoms with E-state index in [1.54, 1.807) is 16.2 Å². The average molecular weight is 501 g/mol. The molecule has 3 N–H and O–H groups in total. The molecule has 0 aliphatic carbocycles. The van der Waals surface area contributed by atoms with E-state index in [0.29, 0.717) is 24.7 Å². The molecule has 2 saturated heterocycles. The summed E-state index contributed by atoms with van der Waals surface area (Å²) in [6.45, 7) is 2.74. The van der Waals surface area contributed by atoms with Gasteiger partial charge in [0.05, 0.1) is 10.9 Å². The minimum absolute atomic E-state index is 0.100. The number of piperidine rings is 2. The maximum Gasteiger partial charge on any atom is 0.273 e. The number of carbonyl (C=O) groups excluding carboxylic acids is 2. The van der Waals surface area contributed by atoms with Crippen LogP contribution in [0.3, 0.4) is 0 Å². The normalized spacial score (nSPS) is 19.1. The lowest BCUT2D eigenvalue weighted by Crippen LogP contribution is -2.44. The number of nitrogens with two attached hydrogens (primary N) is 1. The van der Waals surface area contributed by atoms with Crippen molar-refractivity contribution < 1.29 is 9.59 Å². The lowest BCUT2D eigenvalue weighted by Gasteiger charge is -2.33. The molecule has 3 heterocycles. The molecular formula is C24H32N6O2S2. The van der Waals surface area contributed by atoms with Crippen LogP contribution in [0, 0.1) is 5.92 Å². The molecule has 0 spiro atoms. The number of carbonyl (C=O) groups is 2. The van der Waals surface area contributed by atoms with Gasteiger partial charge in [0.2, 0.25) is 5.91 Å². The van der Waals surface area contributed by atoms with Gasteiger partial charge in [-0.25, -0.2) is 4.98 Å². The van der Waals surface area contributed by atoms with Crippen LogP contribution in [0.4, 0.5) is 11.4 Å². The summed E-state index contributed by atoms with van der Waals surface area (Å²) in [4.78, 5) is 35.1. The molecule has 4 rings (SSSR count). The van der Waals surface area contributed by atoms with Gasteiger partial charge in [-0.15, -0.1) is 11.3 Å². The molecule has 2 aliphatic rings. The number of nitrogens with zero attached hydrogens (tertiary/aromatic N) is 4. The number of thiocarbonyl (C=S) groups is 1. The Morgan fingerprint density at radius 3 is 2.47 bits per heavy atom. The lowest BCUT2D eigenvalue weighted by molar-refractivity contribution is -0.123. The molecule has 10 heteroatoms. The van der Waals surface area contributed by atoms with Crippen LogP contribution in [0.15, 0.2) is 29.6 Å². The number of hydrogen-bond acceptors (Lipinski definition) is 6. The van der Waals surface area contributed by atoms with Crippen molar-refractivity contribution >= 4 is 51.9 Å². The highest BCUT2D eigenvalue weighted by Crippen LogP contribution is 2.31. The minimum Gasteiger partial charge on any atom is -0.378 e. The van der Waals surface area contributed by atoms with Crippen LogP contribution >= 0.6 is 23.6 Å². The van der Waals surface area contributed by atoms with Crippen molar-refractivity contribution in [3.63, 3.8) is 0 Å². The Bertz CT molecular complexity index is 1030. The van der Waals surface area contributed by atoms with E-state index in [0.717, 1.165) is 60.3 Å². The van der Waals surface area contributed by atoms with Gasteiger partial charge in [0.15, 0.2) is 5.11 Å². The zero-order chi connectivity index (χ0) is 24.2. The van der Waals surface area contributed by atoms with E-state index in [2.05, 4.69) is 32.2 Å². The van der Waals surface area contributed by atoms with Crippen LogP contribution < -0.4 is 16.0 Å². The second kappa shape index (κ2) is 10.7. The number of rotatable bonds is 5. The Morgan fingerprint density at radius 1 is 1.12 bits per heavy atom. The van der Waals surface area contributed by atoms with Crippen LogP contribution in [-0.2, 0) is 4.79 Å². The smallest absolute Gasteiger partial charge is 0.273 e. The molecule has 2 aliphatic heterocycles. The van der Waals surface area contributed by atoms with E-state index >= 15 is 0 Å². The van der Waals surface area contributed by atoms with Crippen molar-refractivity contribution in [1.29, 1.82) is 0 Å². The van der Waals surface area contributed by atoms with E-state index in [9.17, 15) is 9.59 Å². The zero-order valence-electron chi connectivity index (χ0n) is 19.7. The molecule has 0 bridgehead atoms. The van der Waals surface area contributed by atoms with Gasteiger partial charge in [-0.3, -0.25) is 9.59 Å². The van der Waals surface area contributed by atoms with Crippen molar-refractivity contribution in [3.05, 3.63) is 40.3 Å². The number of anilines is 2. The molecule has 182 valence electrons. The first-order chi connectivity index (χ1) is 16.3. The molecule has 1 aromatic heterocycles. The minimum atomic E-state index is -0.332. The second-order valence-electron chi connectivity index (χ2n) is 9.20. The quantitative estimate of drug-likeness (QED) is 0.609. The summed E-state index contributed by atoms with van der Waals surface area (Å²) in [5, 5.41) is 6.93. The summed E-state index contributed by atoms with van der Waals surface area (Å²) in [5.41, 5.74) is 8.06. The van der Waals surface area contributed by atoms with E-state index in [1.165, 1.54) is 0 Å². The summed E-state index contributed by atoms with van der Waals surface area (Å²) in [6, 6.07) is 8.21. The van der Waals surface area contributed by atoms with E-state index < -0.39 is 0 Å². The fourth-order valence-electron chi connectivity index (χ4n) is 4.50. The van der Waals surface area contributed by atoms with E-state index in [4.69, 9.17) is 18.0 Å². The standard InChI is InChI=1S/C24H32N6O2S2/c1-28(2)19-7-5-18(6-8-19)26-24(33)29-12-9-16(10-13-29)22-27-20(15-34-22)23(32)30-11-3-4-17(14-30)21(25)31/h5-8,15-17H,3-4,9-14H2,1-2H3,(H2,25,31)(H,26,33). The molecule has 1 aromatic carbocycles. The molecule has 1 unspecified atom stereocenters. The van der Waals surface area contributed by atoms with Crippen LogP contribution in [0.2, 0.25) is 0 Å². The van der Waals surface area contributed by atoms with E-state index in [-0.39, 0.29) is 17.7 Å². The van der Waals surface area contributed by atoms with Gasteiger partial charge >= 0.3 is 0 Å². The van der Waals surface area contributed by atoms with Crippen molar-refractivity contribution in [2.24, 2.45) is 11.7 Å². The van der Waals surface area contributed by atoms with Crippen LogP contribution in [-0.4, -0.2) is 72.0 Å². The number of likely N-dealkylation sites (tertiary alicyclic amines) is 2. The lowest BCUT2D eigenvalue weighted by atomic mass is 9.97. The van der Waals surface area contributed by atoms with Crippen molar-refractivity contribution in [2.45, 2.75) is 31.6 Å². The highest BCUT2D eigenvalue weighted by molar-refractivity contribution is 7.80. The van der Waals surface area contributed by atoms with E-state index in [1.807, 2.05) is 31.6 Å². The van der Waals surface area contributed by atoms with Crippen LogP contribution in [0.1, 0.15) is 47.1 Å². The number of hydrogen-bond donors (Lipinski definition) is 2. The second-order valence-corrected chi connectivity index (χ2v) is 10.5. The number of thiazole rings is 1. The summed E-state index contributed by atoms with van der Waals surface area (Å²) in [5.74, 6) is -0.369. The Kier molecular flexibility index (Phi) is 7.67. The Hall–Kier alpha value is -2.72. The summed E-state index contributed by atoms with van der Waals surface area (Å²) >= 11 is 7.19. The number of primary amides is 1. The first-order valence-corrected chi connectivity index (χ1v) is 13.0. The predicted molar refractivity (Wildman–Crippen MR) is 140 cm³/mol. The Labute approximate surface area is 210 Å². The van der Waals surface area contributed by atoms with Gasteiger partial charge in [0.25, 0.3) is 5.91 Å². The predicted octanol–water partition coefficient (Wildman–Crippen LogP) is 3.12. The summed E-state index contributed by atoms with van der Waals surface area (Å²) < 4.78 is 0. The molecular weight excluding hydrogens is 468 g/mol. The van der Waals surface area contributed by atoms with Gasteiger partial charge in [0, 0.05) is 62.9 Å². The number of amides is 2. The Balaban J connectivity index is 1.29. The molecule has 2 amide bonds. The SMILES string of the molecule is CN(C)c1ccc(NC(=S)N2CCC(c3nc(C(=O)N4CCCC(C(N)=O)C4)cs3)CC2)cc1. The maximum absolute atomic E-state index is 12.9. The molecule has 0 radical (unpaired) electrons. The van der Waals surface area contributed by atoms with Crippen molar-refractivity contribution in [3.8, 4) is 0 Å². The molecule has 2 aromatic rings. The molecule has 8 nitrogen and oxygen atoms in total. The first kappa shape index (κ1) is 24.4. The van der Waals surface area contributed by atoms with Crippen molar-refractivity contribution in [2.75, 3.05) is 50.5 Å². The molecule has 2 fully saturated rings. The number of aromatic nitrogens is 1. The van der Waals surface area contributed by atoms with Crippen LogP contribution in [0.5, 0.6) is 0 Å². The fourth-order valence-corrected chi connectivity index (χ4v) is 5.77. The fraction of sp³-hybridized carbons (Fsp3) is 0.500. The highest BCUT2D eigenvalue weighted by atomic mass is 32.1. The molecule has 34 heavy (non-hydrogen) atoms. The zero-order valence-corrected chi connectivity index (χ0v) is 21.3. The number of benzene rings is 1. The molecule has 1 atom stereocenters. The third-order valence-electron chi connectivity index (χ3n) is 6.62. The summed E-state index contributed by atoms with van der Waals surface area (Å²) in [7, 11) is 4.04. The Morgan fingerprint density at radius 2 is 1.82 bits per heavy atom. The monoisotopic (exact) mass is 500 g/mol. The number of nitrogens with one attached hydrogen (secondary N) is 1. The van der Waals surface area contributed by atoms with Gasteiger partial charge < -0.3 is 25.8 Å². The van der Waals surface area contributed by atoms with Crippen LogP contribution in [0.25, 0.3) is 0 Å². The topological polar surface area (TPSA) is 94.8 Å². The van der Waals surface area contributed by atoms with Crippen molar-refractivity contribution in [1.82, 2.24) is 14.8 Å². The average Bonchev–Trinajstić information content (AvgIpc) is 3.34. The molecule has 0 saturated carbocycles. The van der Waals surface area contributed by atoms with Gasteiger partial charge in [0.1, 0.15) is 5.69 Å². The maximum atomic E-state index is 12.9. The first-order valence-electron chi connectivity index (χ1n) is 11.7. The van der Waals surface area contributed by atoms with Gasteiger partial charge in [-0.1, -0.05) is 0 Å². The highest BCUT2D eigenvalue weighted by Gasteiger charge is 2.30. The third kappa shape index (κ3) is 5.67. The third-order valence-corrected chi connectivity index (χ3v) is 7.99. The summed E-state index contributed by atoms with van der Waals surface area (Å²) in [6.07, 6.45) is 3.42. The van der Waals surface area contributed by atoms with Gasteiger partial charge in [-0.2, -0.15) is 0 Å². The van der Waals surface area contributed by atoms with Gasteiger partial charge in [-0.05, 0) is 62.2 Å².